The van der Waals surface area contributed by atoms with Crippen LogP contribution in [-0.4, -0.2) is 15.5 Å². The Morgan fingerprint density at radius 2 is 1.93 bits per heavy atom. The summed E-state index contributed by atoms with van der Waals surface area (Å²) >= 11 is 3.12. The van der Waals surface area contributed by atoms with Crippen LogP contribution in [-0.2, 0) is 0 Å². The van der Waals surface area contributed by atoms with Gasteiger partial charge in [0.25, 0.3) is 0 Å². The lowest BCUT2D eigenvalue weighted by molar-refractivity contribution is 0.478. The van der Waals surface area contributed by atoms with Crippen molar-refractivity contribution in [1.29, 1.82) is 0 Å². The van der Waals surface area contributed by atoms with E-state index >= 15 is 0 Å². The maximum absolute atomic E-state index is 6.27. The van der Waals surface area contributed by atoms with Gasteiger partial charge in [0.1, 0.15) is 16.3 Å². The maximum atomic E-state index is 6.27. The van der Waals surface area contributed by atoms with E-state index in [1.807, 2.05) is 84.9 Å². The number of benzene rings is 1. The number of nitrogens with two attached hydrogens (primary N) is 1. The van der Waals surface area contributed by atoms with E-state index < -0.39 is 0 Å². The van der Waals surface area contributed by atoms with Crippen LogP contribution in [0.15, 0.2) is 81.8 Å². The van der Waals surface area contributed by atoms with Gasteiger partial charge in [0.2, 0.25) is 0 Å². The number of hydrogen-bond donors (Lipinski definition) is 1. The fraction of sp³-hybridized carbons (Fsp3) is 0.143. The van der Waals surface area contributed by atoms with Gasteiger partial charge in [0, 0.05) is 28.5 Å². The quantitative estimate of drug-likeness (QED) is 0.607. The first-order valence-electron chi connectivity index (χ1n) is 8.82. The largest absolute Gasteiger partial charge is 0.453 e. The average Bonchev–Trinajstić information content (AvgIpc) is 3.01. The molecular weight excluding hydrogens is 388 g/mol. The van der Waals surface area contributed by atoms with Crippen LogP contribution in [0.3, 0.4) is 0 Å². The second kappa shape index (κ2) is 8.26. The number of anilines is 1. The Morgan fingerprint density at radius 1 is 1.11 bits per heavy atom. The van der Waals surface area contributed by atoms with Gasteiger partial charge in [-0.05, 0) is 43.5 Å². The van der Waals surface area contributed by atoms with Gasteiger partial charge < -0.3 is 15.4 Å². The lowest BCUT2D eigenvalue weighted by Crippen LogP contribution is -2.35. The van der Waals surface area contributed by atoms with Crippen molar-refractivity contribution in [3.8, 4) is 11.5 Å². The molecule has 5 nitrogen and oxygen atoms in total. The van der Waals surface area contributed by atoms with Crippen LogP contribution in [0.1, 0.15) is 12.6 Å². The zero-order valence-electron chi connectivity index (χ0n) is 15.6. The predicted octanol–water partition coefficient (Wildman–Crippen LogP) is 5.39. The van der Waals surface area contributed by atoms with Crippen molar-refractivity contribution in [2.45, 2.75) is 29.3 Å². The molecule has 1 aromatic carbocycles. The number of allylic oxidation sites excluding steroid dienone is 1. The third-order valence-electron chi connectivity index (χ3n) is 4.10. The SMILES string of the molecule is CC1=CSC(N)N1c1ncc(Sc2cccc(C)n2)cc1Oc1ccccc1. The highest BCUT2D eigenvalue weighted by atomic mass is 32.2. The van der Waals surface area contributed by atoms with Crippen molar-refractivity contribution < 1.29 is 4.74 Å². The third kappa shape index (κ3) is 4.16. The molecule has 0 radical (unpaired) electrons. The molecule has 0 saturated carbocycles. The summed E-state index contributed by atoms with van der Waals surface area (Å²) in [6.45, 7) is 4.00. The highest BCUT2D eigenvalue weighted by molar-refractivity contribution is 8.03. The van der Waals surface area contributed by atoms with Gasteiger partial charge in [-0.15, -0.1) is 0 Å². The average molecular weight is 409 g/mol. The fourth-order valence-electron chi connectivity index (χ4n) is 2.82. The Hall–Kier alpha value is -2.48. The van der Waals surface area contributed by atoms with Gasteiger partial charge in [-0.2, -0.15) is 0 Å². The Labute approximate surface area is 173 Å². The van der Waals surface area contributed by atoms with Crippen molar-refractivity contribution in [3.05, 3.63) is 77.6 Å². The van der Waals surface area contributed by atoms with Gasteiger partial charge in [-0.25, -0.2) is 9.97 Å². The molecule has 0 bridgehead atoms. The minimum atomic E-state index is -0.220. The van der Waals surface area contributed by atoms with E-state index in [1.54, 1.807) is 23.5 Å². The monoisotopic (exact) mass is 408 g/mol. The van der Waals surface area contributed by atoms with E-state index in [4.69, 9.17) is 15.5 Å². The van der Waals surface area contributed by atoms with E-state index in [9.17, 15) is 0 Å². The molecule has 28 heavy (non-hydrogen) atoms. The Kier molecular flexibility index (Phi) is 5.57. The Bertz CT molecular complexity index is 1010. The van der Waals surface area contributed by atoms with E-state index in [-0.39, 0.29) is 5.50 Å². The van der Waals surface area contributed by atoms with Crippen molar-refractivity contribution in [3.63, 3.8) is 0 Å². The number of thioether (sulfide) groups is 1. The predicted molar refractivity (Wildman–Crippen MR) is 116 cm³/mol. The van der Waals surface area contributed by atoms with Crippen LogP contribution in [0.5, 0.6) is 11.5 Å². The standard InChI is InChI=1S/C21H20N4OS2/c1-14-7-6-10-19(24-14)28-17-11-18(26-16-8-4-3-5-9-16)20(23-12-17)25-15(2)13-27-21(25)22/h3-13,21H,22H2,1-2H3. The molecule has 0 spiro atoms. The second-order valence-corrected chi connectivity index (χ2v) is 8.37. The number of pyridine rings is 2. The number of aromatic nitrogens is 2. The molecule has 2 N–H and O–H groups in total. The van der Waals surface area contributed by atoms with Crippen LogP contribution in [0.25, 0.3) is 0 Å². The molecule has 7 heteroatoms. The summed E-state index contributed by atoms with van der Waals surface area (Å²) in [6, 6.07) is 17.7. The Balaban J connectivity index is 1.70. The molecule has 4 rings (SSSR count). The summed E-state index contributed by atoms with van der Waals surface area (Å²) in [5.74, 6) is 2.12. The Morgan fingerprint density at radius 3 is 2.64 bits per heavy atom. The smallest absolute Gasteiger partial charge is 0.178 e. The fourth-order valence-corrected chi connectivity index (χ4v) is 4.50. The number of para-hydroxylation sites is 1. The highest BCUT2D eigenvalue weighted by Gasteiger charge is 2.27. The molecule has 0 amide bonds. The second-order valence-electron chi connectivity index (χ2n) is 6.28. The van der Waals surface area contributed by atoms with Crippen molar-refractivity contribution >= 4 is 29.3 Å². The molecule has 1 atom stereocenters. The first kappa shape index (κ1) is 18.9. The normalized spacial score (nSPS) is 16.2. The molecule has 1 aliphatic heterocycles. The van der Waals surface area contributed by atoms with Crippen molar-refractivity contribution in [2.24, 2.45) is 5.73 Å². The lowest BCUT2D eigenvalue weighted by atomic mass is 10.3. The van der Waals surface area contributed by atoms with E-state index in [0.717, 1.165) is 27.1 Å². The van der Waals surface area contributed by atoms with Crippen LogP contribution in [0.4, 0.5) is 5.82 Å². The van der Waals surface area contributed by atoms with Crippen LogP contribution in [0.2, 0.25) is 0 Å². The summed E-state index contributed by atoms with van der Waals surface area (Å²) < 4.78 is 6.19. The van der Waals surface area contributed by atoms with Crippen LogP contribution >= 0.6 is 23.5 Å². The van der Waals surface area contributed by atoms with E-state index in [1.165, 1.54) is 0 Å². The molecule has 142 valence electrons. The van der Waals surface area contributed by atoms with Crippen molar-refractivity contribution in [2.75, 3.05) is 4.90 Å². The minimum Gasteiger partial charge on any atom is -0.453 e. The molecule has 3 aromatic rings. The van der Waals surface area contributed by atoms with Crippen LogP contribution < -0.4 is 15.4 Å². The molecule has 0 aliphatic carbocycles. The molecule has 1 unspecified atom stereocenters. The zero-order valence-corrected chi connectivity index (χ0v) is 17.2. The number of hydrogen-bond acceptors (Lipinski definition) is 7. The van der Waals surface area contributed by atoms with E-state index in [2.05, 4.69) is 4.98 Å². The molecule has 3 heterocycles. The van der Waals surface area contributed by atoms with Gasteiger partial charge in [0.15, 0.2) is 11.6 Å². The highest BCUT2D eigenvalue weighted by Crippen LogP contribution is 2.41. The maximum Gasteiger partial charge on any atom is 0.178 e. The molecule has 0 saturated heterocycles. The van der Waals surface area contributed by atoms with Crippen molar-refractivity contribution in [1.82, 2.24) is 9.97 Å². The molecule has 1 aliphatic rings. The van der Waals surface area contributed by atoms with E-state index in [0.29, 0.717) is 11.6 Å². The molecule has 2 aromatic heterocycles. The first-order chi connectivity index (χ1) is 13.6. The molecule has 0 fully saturated rings. The summed E-state index contributed by atoms with van der Waals surface area (Å²) in [7, 11) is 0. The summed E-state index contributed by atoms with van der Waals surface area (Å²) in [4.78, 5) is 12.2. The first-order valence-corrected chi connectivity index (χ1v) is 10.6. The van der Waals surface area contributed by atoms with Gasteiger partial charge >= 0.3 is 0 Å². The van der Waals surface area contributed by atoms with Gasteiger partial charge in [-0.1, -0.05) is 47.8 Å². The number of ether oxygens (including phenoxy) is 1. The third-order valence-corrected chi connectivity index (χ3v) is 5.97. The number of rotatable bonds is 5. The van der Waals surface area contributed by atoms with Gasteiger partial charge in [-0.3, -0.25) is 0 Å². The number of aryl methyl sites for hydroxylation is 1. The van der Waals surface area contributed by atoms with Crippen LogP contribution in [0, 0.1) is 6.92 Å². The van der Waals surface area contributed by atoms with Gasteiger partial charge in [0.05, 0.1) is 0 Å². The summed E-state index contributed by atoms with van der Waals surface area (Å²) in [6.07, 6.45) is 1.84. The minimum absolute atomic E-state index is 0.220. The summed E-state index contributed by atoms with van der Waals surface area (Å²) in [5.41, 5.74) is 8.08. The zero-order chi connectivity index (χ0) is 19.5. The summed E-state index contributed by atoms with van der Waals surface area (Å²) in [5, 5.41) is 2.96. The number of nitrogens with zero attached hydrogens (tertiary/aromatic N) is 3. The topological polar surface area (TPSA) is 64.3 Å². The molecular formula is C21H20N4OS2. The lowest BCUT2D eigenvalue weighted by Gasteiger charge is -2.26.